The van der Waals surface area contributed by atoms with Gasteiger partial charge in [0.15, 0.2) is 5.82 Å². The van der Waals surface area contributed by atoms with Crippen molar-refractivity contribution in [3.8, 4) is 11.3 Å². The standard InChI is InChI=1S/C24H25ClN4O/c1-17-4-2-5-19(14-17)22-11-12-23(28-27-22)29-13-3-6-20(16-29)24(30)26-15-18-7-9-21(25)10-8-18/h2,4-5,7-12,14,20H,3,6,13,15-16H2,1H3,(H,26,30). The topological polar surface area (TPSA) is 58.1 Å². The average Bonchev–Trinajstić information content (AvgIpc) is 2.79. The van der Waals surface area contributed by atoms with Gasteiger partial charge in [0.05, 0.1) is 11.6 Å². The van der Waals surface area contributed by atoms with E-state index < -0.39 is 0 Å². The molecule has 2 aromatic carbocycles. The predicted molar refractivity (Wildman–Crippen MR) is 120 cm³/mol. The fraction of sp³-hybridized carbons (Fsp3) is 0.292. The number of hydrogen-bond donors (Lipinski definition) is 1. The summed E-state index contributed by atoms with van der Waals surface area (Å²) in [7, 11) is 0. The van der Waals surface area contributed by atoms with E-state index in [1.165, 1.54) is 5.56 Å². The van der Waals surface area contributed by atoms with E-state index in [0.29, 0.717) is 18.1 Å². The third-order valence-corrected chi connectivity index (χ3v) is 5.71. The quantitative estimate of drug-likeness (QED) is 0.653. The second-order valence-electron chi connectivity index (χ2n) is 7.78. The second kappa shape index (κ2) is 9.26. The fourth-order valence-corrected chi connectivity index (χ4v) is 3.91. The zero-order valence-electron chi connectivity index (χ0n) is 17.0. The fourth-order valence-electron chi connectivity index (χ4n) is 3.79. The molecule has 0 bridgehead atoms. The Morgan fingerprint density at radius 2 is 1.97 bits per heavy atom. The maximum Gasteiger partial charge on any atom is 0.225 e. The van der Waals surface area contributed by atoms with Gasteiger partial charge in [-0.05, 0) is 55.7 Å². The summed E-state index contributed by atoms with van der Waals surface area (Å²) in [4.78, 5) is 14.8. The smallest absolute Gasteiger partial charge is 0.225 e. The highest BCUT2D eigenvalue weighted by molar-refractivity contribution is 6.30. The van der Waals surface area contributed by atoms with Crippen molar-refractivity contribution in [1.82, 2.24) is 15.5 Å². The van der Waals surface area contributed by atoms with Gasteiger partial charge in [0.2, 0.25) is 5.91 Å². The van der Waals surface area contributed by atoms with E-state index >= 15 is 0 Å². The first-order valence-corrected chi connectivity index (χ1v) is 10.6. The largest absolute Gasteiger partial charge is 0.354 e. The van der Waals surface area contributed by atoms with Crippen LogP contribution in [0.4, 0.5) is 5.82 Å². The molecule has 1 fully saturated rings. The number of halogens is 1. The van der Waals surface area contributed by atoms with Crippen molar-refractivity contribution >= 4 is 23.3 Å². The number of amides is 1. The van der Waals surface area contributed by atoms with Crippen LogP contribution in [0.5, 0.6) is 0 Å². The summed E-state index contributed by atoms with van der Waals surface area (Å²) in [5, 5.41) is 12.6. The molecule has 0 saturated carbocycles. The molecule has 3 aromatic rings. The van der Waals surface area contributed by atoms with Crippen molar-refractivity contribution in [2.24, 2.45) is 5.92 Å². The predicted octanol–water partition coefficient (Wildman–Crippen LogP) is 4.64. The number of aryl methyl sites for hydroxylation is 1. The molecule has 1 atom stereocenters. The number of rotatable bonds is 5. The monoisotopic (exact) mass is 420 g/mol. The van der Waals surface area contributed by atoms with E-state index in [9.17, 15) is 4.79 Å². The Morgan fingerprint density at radius 3 is 2.70 bits per heavy atom. The zero-order chi connectivity index (χ0) is 20.9. The van der Waals surface area contributed by atoms with Crippen LogP contribution < -0.4 is 10.2 Å². The first kappa shape index (κ1) is 20.4. The van der Waals surface area contributed by atoms with Gasteiger partial charge in [-0.2, -0.15) is 0 Å². The molecule has 154 valence electrons. The van der Waals surface area contributed by atoms with E-state index in [2.05, 4.69) is 39.5 Å². The van der Waals surface area contributed by atoms with Crippen LogP contribution >= 0.6 is 11.6 Å². The normalized spacial score (nSPS) is 16.3. The van der Waals surface area contributed by atoms with Crippen LogP contribution in [0, 0.1) is 12.8 Å². The molecular weight excluding hydrogens is 396 g/mol. The Balaban J connectivity index is 1.37. The summed E-state index contributed by atoms with van der Waals surface area (Å²) >= 11 is 5.92. The summed E-state index contributed by atoms with van der Waals surface area (Å²) in [6, 6.07) is 19.8. The molecule has 1 saturated heterocycles. The van der Waals surface area contributed by atoms with Gasteiger partial charge in [-0.1, -0.05) is 47.5 Å². The van der Waals surface area contributed by atoms with Crippen molar-refractivity contribution in [3.05, 3.63) is 76.8 Å². The van der Waals surface area contributed by atoms with Gasteiger partial charge in [0.1, 0.15) is 0 Å². The van der Waals surface area contributed by atoms with Crippen LogP contribution in [0.25, 0.3) is 11.3 Å². The Labute approximate surface area is 182 Å². The molecular formula is C24H25ClN4O. The van der Waals surface area contributed by atoms with Crippen LogP contribution in [-0.4, -0.2) is 29.2 Å². The van der Waals surface area contributed by atoms with E-state index in [1.54, 1.807) is 0 Å². The van der Waals surface area contributed by atoms with Gasteiger partial charge in [0.25, 0.3) is 0 Å². The molecule has 1 aliphatic heterocycles. The molecule has 2 heterocycles. The van der Waals surface area contributed by atoms with Crippen molar-refractivity contribution in [2.45, 2.75) is 26.3 Å². The Bertz CT molecular complexity index is 1000. The lowest BCUT2D eigenvalue weighted by molar-refractivity contribution is -0.125. The number of carbonyl (C=O) groups excluding carboxylic acids is 1. The van der Waals surface area contributed by atoms with Gasteiger partial charge in [-0.25, -0.2) is 0 Å². The van der Waals surface area contributed by atoms with Crippen LogP contribution in [0.15, 0.2) is 60.7 Å². The van der Waals surface area contributed by atoms with E-state index in [1.807, 2.05) is 48.5 Å². The highest BCUT2D eigenvalue weighted by atomic mass is 35.5. The molecule has 1 amide bonds. The molecule has 4 rings (SSSR count). The number of aromatic nitrogens is 2. The van der Waals surface area contributed by atoms with Gasteiger partial charge in [0, 0.05) is 30.2 Å². The molecule has 1 aliphatic rings. The Kier molecular flexibility index (Phi) is 6.29. The molecule has 1 unspecified atom stereocenters. The maximum absolute atomic E-state index is 12.7. The lowest BCUT2D eigenvalue weighted by Gasteiger charge is -2.32. The third-order valence-electron chi connectivity index (χ3n) is 5.46. The summed E-state index contributed by atoms with van der Waals surface area (Å²) in [5.74, 6) is 0.852. The van der Waals surface area contributed by atoms with E-state index in [-0.39, 0.29) is 11.8 Å². The van der Waals surface area contributed by atoms with Gasteiger partial charge in [-0.15, -0.1) is 10.2 Å². The number of carbonyl (C=O) groups is 1. The average molecular weight is 421 g/mol. The van der Waals surface area contributed by atoms with Crippen LogP contribution in [-0.2, 0) is 11.3 Å². The summed E-state index contributed by atoms with van der Waals surface area (Å²) < 4.78 is 0. The second-order valence-corrected chi connectivity index (χ2v) is 8.21. The lowest BCUT2D eigenvalue weighted by atomic mass is 9.97. The molecule has 1 aromatic heterocycles. The van der Waals surface area contributed by atoms with Crippen molar-refractivity contribution in [2.75, 3.05) is 18.0 Å². The SMILES string of the molecule is Cc1cccc(-c2ccc(N3CCCC(C(=O)NCc4ccc(Cl)cc4)C3)nn2)c1. The molecule has 5 nitrogen and oxygen atoms in total. The molecule has 6 heteroatoms. The molecule has 30 heavy (non-hydrogen) atoms. The van der Waals surface area contributed by atoms with Crippen LogP contribution in [0.2, 0.25) is 5.02 Å². The van der Waals surface area contributed by atoms with E-state index in [4.69, 9.17) is 11.6 Å². The number of hydrogen-bond acceptors (Lipinski definition) is 4. The summed E-state index contributed by atoms with van der Waals surface area (Å²) in [6.07, 6.45) is 1.85. The number of nitrogens with zero attached hydrogens (tertiary/aromatic N) is 3. The minimum atomic E-state index is -0.0516. The van der Waals surface area contributed by atoms with Crippen molar-refractivity contribution in [3.63, 3.8) is 0 Å². The zero-order valence-corrected chi connectivity index (χ0v) is 17.8. The van der Waals surface area contributed by atoms with Crippen LogP contribution in [0.1, 0.15) is 24.0 Å². The van der Waals surface area contributed by atoms with E-state index in [0.717, 1.165) is 42.0 Å². The molecule has 1 N–H and O–H groups in total. The van der Waals surface area contributed by atoms with Gasteiger partial charge >= 0.3 is 0 Å². The first-order valence-electron chi connectivity index (χ1n) is 10.3. The number of piperidine rings is 1. The summed E-state index contributed by atoms with van der Waals surface area (Å²) in [6.45, 7) is 4.12. The van der Waals surface area contributed by atoms with Crippen molar-refractivity contribution in [1.29, 1.82) is 0 Å². The minimum absolute atomic E-state index is 0.0516. The molecule has 0 radical (unpaired) electrons. The molecule has 0 spiro atoms. The number of nitrogens with one attached hydrogen (secondary N) is 1. The Morgan fingerprint density at radius 1 is 1.13 bits per heavy atom. The Hall–Kier alpha value is -2.92. The van der Waals surface area contributed by atoms with Gasteiger partial charge < -0.3 is 10.2 Å². The molecule has 0 aliphatic carbocycles. The first-order chi connectivity index (χ1) is 14.6. The van der Waals surface area contributed by atoms with Gasteiger partial charge in [-0.3, -0.25) is 4.79 Å². The summed E-state index contributed by atoms with van der Waals surface area (Å²) in [5.41, 5.74) is 4.16. The third kappa shape index (κ3) is 4.97. The van der Waals surface area contributed by atoms with Crippen LogP contribution in [0.3, 0.4) is 0 Å². The highest BCUT2D eigenvalue weighted by Gasteiger charge is 2.26. The number of anilines is 1. The maximum atomic E-state index is 12.7. The minimum Gasteiger partial charge on any atom is -0.354 e. The number of benzene rings is 2. The highest BCUT2D eigenvalue weighted by Crippen LogP contribution is 2.24. The lowest BCUT2D eigenvalue weighted by Crippen LogP contribution is -2.43. The van der Waals surface area contributed by atoms with Crippen molar-refractivity contribution < 1.29 is 4.79 Å².